The summed E-state index contributed by atoms with van der Waals surface area (Å²) in [5.74, 6) is -3.18. The fraction of sp³-hybridized carbons (Fsp3) is 0.650. The molecular weight excluding hydrogens is 322 g/mol. The van der Waals surface area contributed by atoms with Gasteiger partial charge in [-0.25, -0.2) is 8.78 Å². The lowest BCUT2D eigenvalue weighted by atomic mass is 9.81. The summed E-state index contributed by atoms with van der Waals surface area (Å²) in [4.78, 5) is 14.9. The lowest BCUT2D eigenvalue weighted by Crippen LogP contribution is -2.43. The van der Waals surface area contributed by atoms with Crippen molar-refractivity contribution in [1.29, 1.82) is 0 Å². The average molecular weight is 350 g/mol. The number of hydrogen-bond acceptors (Lipinski definition) is 2. The third kappa shape index (κ3) is 3.71. The number of amides is 1. The van der Waals surface area contributed by atoms with E-state index in [0.29, 0.717) is 19.5 Å². The second-order valence-electron chi connectivity index (χ2n) is 8.23. The summed E-state index contributed by atoms with van der Waals surface area (Å²) in [6.07, 6.45) is 1.42. The van der Waals surface area contributed by atoms with Crippen LogP contribution in [0.2, 0.25) is 0 Å². The molecule has 1 amide bonds. The monoisotopic (exact) mass is 350 g/mol. The summed E-state index contributed by atoms with van der Waals surface area (Å²) in [6.45, 7) is 5.57. The maximum absolute atomic E-state index is 13.9. The van der Waals surface area contributed by atoms with Gasteiger partial charge in [-0.05, 0) is 36.8 Å². The molecule has 2 aliphatic rings. The molecule has 3 rings (SSSR count). The van der Waals surface area contributed by atoms with Gasteiger partial charge in [0, 0.05) is 30.8 Å². The number of nitrogens with zero attached hydrogens (tertiary/aromatic N) is 1. The summed E-state index contributed by atoms with van der Waals surface area (Å²) in [5.41, 5.74) is 8.01. The molecule has 1 saturated carbocycles. The first-order valence-corrected chi connectivity index (χ1v) is 9.21. The zero-order valence-corrected chi connectivity index (χ0v) is 15.1. The van der Waals surface area contributed by atoms with Crippen LogP contribution < -0.4 is 5.73 Å². The molecule has 0 saturated heterocycles. The van der Waals surface area contributed by atoms with Crippen LogP contribution in [0.5, 0.6) is 0 Å². The van der Waals surface area contributed by atoms with Gasteiger partial charge in [0.25, 0.3) is 5.92 Å². The van der Waals surface area contributed by atoms with E-state index in [9.17, 15) is 13.6 Å². The number of carbonyl (C=O) groups is 1. The number of alkyl halides is 2. The molecule has 25 heavy (non-hydrogen) atoms. The molecule has 1 aromatic carbocycles. The third-order valence-corrected chi connectivity index (χ3v) is 5.84. The zero-order valence-electron chi connectivity index (χ0n) is 15.1. The number of hydrogen-bond donors (Lipinski definition) is 1. The van der Waals surface area contributed by atoms with Crippen LogP contribution in [0.15, 0.2) is 24.3 Å². The van der Waals surface area contributed by atoms with E-state index >= 15 is 0 Å². The number of benzene rings is 1. The van der Waals surface area contributed by atoms with Crippen molar-refractivity contribution in [1.82, 2.24) is 4.90 Å². The average Bonchev–Trinajstić information content (AvgIpc) is 2.79. The van der Waals surface area contributed by atoms with Gasteiger partial charge in [0.1, 0.15) is 0 Å². The van der Waals surface area contributed by atoms with Gasteiger partial charge < -0.3 is 10.6 Å². The van der Waals surface area contributed by atoms with Crippen molar-refractivity contribution < 1.29 is 13.6 Å². The highest BCUT2D eigenvalue weighted by Gasteiger charge is 2.42. The fourth-order valence-corrected chi connectivity index (χ4v) is 4.28. The lowest BCUT2D eigenvalue weighted by Gasteiger charge is -2.33. The van der Waals surface area contributed by atoms with Crippen LogP contribution in [0.3, 0.4) is 0 Å². The van der Waals surface area contributed by atoms with E-state index in [0.717, 1.165) is 6.42 Å². The van der Waals surface area contributed by atoms with E-state index in [1.807, 2.05) is 17.0 Å². The molecule has 2 N–H and O–H groups in total. The summed E-state index contributed by atoms with van der Waals surface area (Å²) >= 11 is 0. The maximum atomic E-state index is 13.9. The van der Waals surface area contributed by atoms with Crippen LogP contribution in [0, 0.1) is 5.92 Å². The van der Waals surface area contributed by atoms with Crippen LogP contribution in [0.25, 0.3) is 0 Å². The van der Waals surface area contributed by atoms with Crippen molar-refractivity contribution in [2.24, 2.45) is 11.7 Å². The predicted octanol–water partition coefficient (Wildman–Crippen LogP) is 3.50. The number of halogens is 2. The Balaban J connectivity index is 1.75. The molecule has 1 heterocycles. The molecule has 0 radical (unpaired) electrons. The highest BCUT2D eigenvalue weighted by Crippen LogP contribution is 2.36. The van der Waals surface area contributed by atoms with Crippen LogP contribution in [0.1, 0.15) is 50.7 Å². The van der Waals surface area contributed by atoms with E-state index in [1.54, 1.807) is 0 Å². The molecule has 1 aromatic rings. The minimum absolute atomic E-state index is 0.0192. The molecule has 138 valence electrons. The minimum atomic E-state index is -2.86. The Morgan fingerprint density at radius 3 is 2.68 bits per heavy atom. The van der Waals surface area contributed by atoms with Crippen LogP contribution in [0.4, 0.5) is 8.78 Å². The van der Waals surface area contributed by atoms with E-state index in [2.05, 4.69) is 26.0 Å². The molecule has 0 aromatic heterocycles. The van der Waals surface area contributed by atoms with Crippen LogP contribution >= 0.6 is 0 Å². The SMILES string of the molecule is CC1(C)CN(C(=O)C2CCC(N)C(F)(F)CC2)CCc2ccccc21. The second kappa shape index (κ2) is 6.67. The molecule has 1 aliphatic heterocycles. The Kier molecular flexibility index (Phi) is 4.89. The summed E-state index contributed by atoms with van der Waals surface area (Å²) in [6, 6.07) is 7.19. The first-order valence-electron chi connectivity index (χ1n) is 9.21. The van der Waals surface area contributed by atoms with Crippen molar-refractivity contribution >= 4 is 5.91 Å². The fourth-order valence-electron chi connectivity index (χ4n) is 4.28. The first-order chi connectivity index (χ1) is 11.7. The molecule has 0 bridgehead atoms. The van der Waals surface area contributed by atoms with Crippen LogP contribution in [-0.4, -0.2) is 35.9 Å². The molecule has 5 heteroatoms. The molecule has 1 aliphatic carbocycles. The second-order valence-corrected chi connectivity index (χ2v) is 8.23. The normalized spacial score (nSPS) is 28.6. The van der Waals surface area contributed by atoms with Gasteiger partial charge in [0.2, 0.25) is 5.91 Å². The zero-order chi connectivity index (χ0) is 18.2. The minimum Gasteiger partial charge on any atom is -0.341 e. The van der Waals surface area contributed by atoms with Gasteiger partial charge in [-0.2, -0.15) is 0 Å². The molecule has 3 nitrogen and oxygen atoms in total. The number of carbonyl (C=O) groups excluding carboxylic acids is 1. The Labute approximate surface area is 148 Å². The Morgan fingerprint density at radius 2 is 1.92 bits per heavy atom. The molecular formula is C20H28F2N2O. The van der Waals surface area contributed by atoms with Crippen molar-refractivity contribution in [2.75, 3.05) is 13.1 Å². The number of nitrogens with two attached hydrogens (primary N) is 1. The van der Waals surface area contributed by atoms with E-state index in [-0.39, 0.29) is 36.5 Å². The Morgan fingerprint density at radius 1 is 1.20 bits per heavy atom. The first kappa shape index (κ1) is 18.3. The molecule has 0 spiro atoms. The highest BCUT2D eigenvalue weighted by atomic mass is 19.3. The van der Waals surface area contributed by atoms with Crippen LogP contribution in [-0.2, 0) is 16.6 Å². The van der Waals surface area contributed by atoms with Crippen molar-refractivity contribution in [2.45, 2.75) is 63.3 Å². The van der Waals surface area contributed by atoms with Gasteiger partial charge in [-0.3, -0.25) is 4.79 Å². The Hall–Kier alpha value is -1.49. The number of fused-ring (bicyclic) bond motifs is 1. The highest BCUT2D eigenvalue weighted by molar-refractivity contribution is 5.79. The molecule has 2 atom stereocenters. The van der Waals surface area contributed by atoms with Gasteiger partial charge in [0.15, 0.2) is 0 Å². The quantitative estimate of drug-likeness (QED) is 0.788. The number of rotatable bonds is 1. The summed E-state index contributed by atoms with van der Waals surface area (Å²) < 4.78 is 27.7. The largest absolute Gasteiger partial charge is 0.341 e. The van der Waals surface area contributed by atoms with Gasteiger partial charge in [-0.15, -0.1) is 0 Å². The van der Waals surface area contributed by atoms with Crippen molar-refractivity contribution in [3.8, 4) is 0 Å². The van der Waals surface area contributed by atoms with E-state index in [4.69, 9.17) is 5.73 Å². The third-order valence-electron chi connectivity index (χ3n) is 5.84. The lowest BCUT2D eigenvalue weighted by molar-refractivity contribution is -0.136. The van der Waals surface area contributed by atoms with Gasteiger partial charge in [-0.1, -0.05) is 38.1 Å². The topological polar surface area (TPSA) is 46.3 Å². The summed E-state index contributed by atoms with van der Waals surface area (Å²) in [5, 5.41) is 0. The molecule has 1 fully saturated rings. The van der Waals surface area contributed by atoms with E-state index in [1.165, 1.54) is 11.1 Å². The predicted molar refractivity (Wildman–Crippen MR) is 94.6 cm³/mol. The van der Waals surface area contributed by atoms with E-state index < -0.39 is 12.0 Å². The van der Waals surface area contributed by atoms with Gasteiger partial charge >= 0.3 is 0 Å². The standard InChI is InChI=1S/C20H28F2N2O/c1-19(2)13-24(12-10-14-5-3-4-6-16(14)19)18(25)15-7-8-17(23)20(21,22)11-9-15/h3-6,15,17H,7-13,23H2,1-2H3. The maximum Gasteiger partial charge on any atom is 0.262 e. The van der Waals surface area contributed by atoms with Gasteiger partial charge in [0.05, 0.1) is 6.04 Å². The summed E-state index contributed by atoms with van der Waals surface area (Å²) in [7, 11) is 0. The smallest absolute Gasteiger partial charge is 0.262 e. The van der Waals surface area contributed by atoms with Crippen molar-refractivity contribution in [3.63, 3.8) is 0 Å². The Bertz CT molecular complexity index is 644. The van der Waals surface area contributed by atoms with Crippen molar-refractivity contribution in [3.05, 3.63) is 35.4 Å². The molecule has 2 unspecified atom stereocenters.